The highest BCUT2D eigenvalue weighted by molar-refractivity contribution is 6.30. The van der Waals surface area contributed by atoms with E-state index in [1.165, 1.54) is 15.6 Å². The van der Waals surface area contributed by atoms with Crippen LogP contribution < -0.4 is 5.32 Å². The van der Waals surface area contributed by atoms with Crippen molar-refractivity contribution in [3.05, 3.63) is 64.1 Å². The number of hydrogen-bond acceptors (Lipinski definition) is 3. The Kier molecular flexibility index (Phi) is 3.73. The zero-order valence-electron chi connectivity index (χ0n) is 13.3. The molecule has 5 nitrogen and oxygen atoms in total. The van der Waals surface area contributed by atoms with Crippen molar-refractivity contribution in [3.63, 3.8) is 0 Å². The van der Waals surface area contributed by atoms with Gasteiger partial charge in [-0.2, -0.15) is 5.10 Å². The number of imidazole rings is 1. The number of aromatic nitrogens is 3. The number of fused-ring (bicyclic) bond motifs is 2. The molecule has 3 aromatic rings. The third kappa shape index (κ3) is 2.55. The lowest BCUT2D eigenvalue weighted by Gasteiger charge is -2.26. The number of amides is 1. The van der Waals surface area contributed by atoms with Crippen LogP contribution in [0.25, 0.3) is 5.65 Å². The average Bonchev–Trinajstić information content (AvgIpc) is 2.98. The highest BCUT2D eigenvalue weighted by Crippen LogP contribution is 2.29. The van der Waals surface area contributed by atoms with Crippen molar-refractivity contribution in [3.8, 4) is 0 Å². The van der Waals surface area contributed by atoms with E-state index < -0.39 is 0 Å². The van der Waals surface area contributed by atoms with Gasteiger partial charge in [0.2, 0.25) is 0 Å². The molecule has 24 heavy (non-hydrogen) atoms. The van der Waals surface area contributed by atoms with Gasteiger partial charge in [-0.1, -0.05) is 35.9 Å². The predicted octanol–water partition coefficient (Wildman–Crippen LogP) is 3.50. The fourth-order valence-electron chi connectivity index (χ4n) is 3.27. The maximum atomic E-state index is 12.7. The van der Waals surface area contributed by atoms with Crippen LogP contribution in [0.2, 0.25) is 5.15 Å². The first kappa shape index (κ1) is 15.1. The van der Waals surface area contributed by atoms with Gasteiger partial charge in [0.25, 0.3) is 5.91 Å². The lowest BCUT2D eigenvalue weighted by molar-refractivity contribution is 0.0925. The number of carbonyl (C=O) groups excluding carboxylic acids is 1. The molecule has 0 saturated heterocycles. The summed E-state index contributed by atoms with van der Waals surface area (Å²) in [5, 5.41) is 7.75. The van der Waals surface area contributed by atoms with Gasteiger partial charge in [-0.3, -0.25) is 4.79 Å². The molecule has 2 aromatic heterocycles. The minimum Gasteiger partial charge on any atom is -0.344 e. The second-order valence-corrected chi connectivity index (χ2v) is 6.51. The molecule has 122 valence electrons. The minimum absolute atomic E-state index is 0.0221. The SMILES string of the molecule is Cc1cc2ncc(C(=O)NC3CCCc4ccccc43)n2nc1Cl. The maximum absolute atomic E-state index is 12.7. The Morgan fingerprint density at radius 1 is 1.38 bits per heavy atom. The second kappa shape index (κ2) is 5.91. The largest absolute Gasteiger partial charge is 0.344 e. The van der Waals surface area contributed by atoms with E-state index in [4.69, 9.17) is 11.6 Å². The number of aryl methyl sites for hydroxylation is 2. The molecule has 0 radical (unpaired) electrons. The van der Waals surface area contributed by atoms with Crippen molar-refractivity contribution >= 4 is 23.2 Å². The van der Waals surface area contributed by atoms with E-state index in [0.717, 1.165) is 24.8 Å². The topological polar surface area (TPSA) is 59.3 Å². The normalized spacial score (nSPS) is 16.8. The Hall–Kier alpha value is -2.40. The number of rotatable bonds is 2. The zero-order valence-corrected chi connectivity index (χ0v) is 14.0. The zero-order chi connectivity index (χ0) is 16.7. The molecule has 0 aliphatic heterocycles. The molecular formula is C18H17ClN4O. The summed E-state index contributed by atoms with van der Waals surface area (Å²) in [6.07, 6.45) is 4.61. The van der Waals surface area contributed by atoms with E-state index >= 15 is 0 Å². The molecule has 1 N–H and O–H groups in total. The Morgan fingerprint density at radius 2 is 2.21 bits per heavy atom. The van der Waals surface area contributed by atoms with Gasteiger partial charge in [0, 0.05) is 0 Å². The molecule has 0 fully saturated rings. The van der Waals surface area contributed by atoms with Gasteiger partial charge in [0.1, 0.15) is 0 Å². The molecule has 0 bridgehead atoms. The van der Waals surface area contributed by atoms with Crippen LogP contribution in [-0.2, 0) is 6.42 Å². The molecular weight excluding hydrogens is 324 g/mol. The van der Waals surface area contributed by atoms with E-state index in [1.54, 1.807) is 6.20 Å². The van der Waals surface area contributed by atoms with Crippen molar-refractivity contribution < 1.29 is 4.79 Å². The van der Waals surface area contributed by atoms with Crippen molar-refractivity contribution in [2.45, 2.75) is 32.2 Å². The van der Waals surface area contributed by atoms with Gasteiger partial charge in [-0.25, -0.2) is 9.50 Å². The monoisotopic (exact) mass is 340 g/mol. The molecule has 0 saturated carbocycles. The Balaban J connectivity index is 1.65. The van der Waals surface area contributed by atoms with Crippen LogP contribution in [0, 0.1) is 6.92 Å². The third-order valence-electron chi connectivity index (χ3n) is 4.53. The predicted molar refractivity (Wildman–Crippen MR) is 92.3 cm³/mol. The minimum atomic E-state index is -0.184. The standard InChI is InChI=1S/C18H17ClN4O/c1-11-9-16-20-10-15(23(16)22-17(11)19)18(24)21-14-8-4-6-12-5-2-3-7-13(12)14/h2-3,5,7,9-10,14H,4,6,8H2,1H3,(H,21,24). The Labute approximate surface area is 144 Å². The maximum Gasteiger partial charge on any atom is 0.272 e. The van der Waals surface area contributed by atoms with E-state index in [-0.39, 0.29) is 11.9 Å². The summed E-state index contributed by atoms with van der Waals surface area (Å²) in [4.78, 5) is 17.0. The number of nitrogens with one attached hydrogen (secondary N) is 1. The van der Waals surface area contributed by atoms with E-state index in [0.29, 0.717) is 16.5 Å². The fraction of sp³-hybridized carbons (Fsp3) is 0.278. The lowest BCUT2D eigenvalue weighted by atomic mass is 9.88. The van der Waals surface area contributed by atoms with Gasteiger partial charge in [-0.15, -0.1) is 0 Å². The molecule has 1 amide bonds. The quantitative estimate of drug-likeness (QED) is 0.776. The molecule has 1 aromatic carbocycles. The molecule has 1 unspecified atom stereocenters. The van der Waals surface area contributed by atoms with Crippen LogP contribution in [0.4, 0.5) is 0 Å². The van der Waals surface area contributed by atoms with Crippen molar-refractivity contribution in [2.75, 3.05) is 0 Å². The first-order chi connectivity index (χ1) is 11.6. The van der Waals surface area contributed by atoms with Crippen molar-refractivity contribution in [1.29, 1.82) is 0 Å². The summed E-state index contributed by atoms with van der Waals surface area (Å²) in [5.74, 6) is -0.184. The van der Waals surface area contributed by atoms with Crippen LogP contribution in [-0.4, -0.2) is 20.5 Å². The molecule has 1 aliphatic rings. The molecule has 1 atom stereocenters. The average molecular weight is 341 g/mol. The highest BCUT2D eigenvalue weighted by Gasteiger charge is 2.23. The first-order valence-electron chi connectivity index (χ1n) is 8.03. The van der Waals surface area contributed by atoms with E-state index in [2.05, 4.69) is 27.5 Å². The molecule has 6 heteroatoms. The van der Waals surface area contributed by atoms with Crippen LogP contribution in [0.1, 0.15) is 46.1 Å². The number of hydrogen-bond donors (Lipinski definition) is 1. The van der Waals surface area contributed by atoms with Crippen LogP contribution in [0.5, 0.6) is 0 Å². The van der Waals surface area contributed by atoms with E-state index in [9.17, 15) is 4.79 Å². The summed E-state index contributed by atoms with van der Waals surface area (Å²) in [5.41, 5.74) is 4.36. The van der Waals surface area contributed by atoms with Gasteiger partial charge >= 0.3 is 0 Å². The first-order valence-corrected chi connectivity index (χ1v) is 8.41. The van der Waals surface area contributed by atoms with Crippen molar-refractivity contribution in [2.24, 2.45) is 0 Å². The van der Waals surface area contributed by atoms with Crippen molar-refractivity contribution in [1.82, 2.24) is 19.9 Å². The van der Waals surface area contributed by atoms with Crippen LogP contribution >= 0.6 is 11.6 Å². The number of carbonyl (C=O) groups is 1. The lowest BCUT2D eigenvalue weighted by Crippen LogP contribution is -2.31. The summed E-state index contributed by atoms with van der Waals surface area (Å²) in [6.45, 7) is 1.86. The highest BCUT2D eigenvalue weighted by atomic mass is 35.5. The van der Waals surface area contributed by atoms with Crippen LogP contribution in [0.15, 0.2) is 36.5 Å². The number of benzene rings is 1. The number of nitrogens with zero attached hydrogens (tertiary/aromatic N) is 3. The summed E-state index contributed by atoms with van der Waals surface area (Å²) in [7, 11) is 0. The summed E-state index contributed by atoms with van der Waals surface area (Å²) >= 11 is 6.09. The van der Waals surface area contributed by atoms with Crippen LogP contribution in [0.3, 0.4) is 0 Å². The molecule has 4 rings (SSSR count). The van der Waals surface area contributed by atoms with Gasteiger partial charge in [-0.05, 0) is 48.9 Å². The molecule has 1 aliphatic carbocycles. The molecule has 2 heterocycles. The second-order valence-electron chi connectivity index (χ2n) is 6.15. The summed E-state index contributed by atoms with van der Waals surface area (Å²) in [6, 6.07) is 10.1. The Bertz CT molecular complexity index is 934. The summed E-state index contributed by atoms with van der Waals surface area (Å²) < 4.78 is 1.50. The van der Waals surface area contributed by atoms with Gasteiger partial charge in [0.15, 0.2) is 16.5 Å². The third-order valence-corrected chi connectivity index (χ3v) is 4.90. The smallest absolute Gasteiger partial charge is 0.272 e. The number of halogens is 1. The fourth-order valence-corrected chi connectivity index (χ4v) is 3.40. The van der Waals surface area contributed by atoms with E-state index in [1.807, 2.05) is 25.1 Å². The van der Waals surface area contributed by atoms with Gasteiger partial charge < -0.3 is 5.32 Å². The Morgan fingerprint density at radius 3 is 3.08 bits per heavy atom. The van der Waals surface area contributed by atoms with Gasteiger partial charge in [0.05, 0.1) is 12.2 Å². The molecule has 0 spiro atoms.